The van der Waals surface area contributed by atoms with Crippen molar-refractivity contribution in [3.63, 3.8) is 0 Å². The molecule has 0 saturated heterocycles. The average molecular weight is 787 g/mol. The number of hydrogen-bond acceptors (Lipinski definition) is 2. The van der Waals surface area contributed by atoms with Gasteiger partial charge in [-0.1, -0.05) is 120 Å². The van der Waals surface area contributed by atoms with Crippen molar-refractivity contribution in [1.29, 1.82) is 0 Å². The number of rotatable bonds is 4. The van der Waals surface area contributed by atoms with Gasteiger partial charge in [-0.2, -0.15) is 0 Å². The molecular weight excluding hydrogens is 741 g/mol. The van der Waals surface area contributed by atoms with E-state index in [0.717, 1.165) is 96.6 Å². The number of fused-ring (bicyclic) bond motifs is 12. The highest BCUT2D eigenvalue weighted by Crippen LogP contribution is 2.40. The topological polar surface area (TPSA) is 57.4 Å². The molecular formula is C57H46N4. The molecule has 4 nitrogen and oxygen atoms in total. The molecule has 11 rings (SSSR count). The molecule has 12 bridgehead atoms. The summed E-state index contributed by atoms with van der Waals surface area (Å²) in [7, 11) is 0. The van der Waals surface area contributed by atoms with E-state index in [2.05, 4.69) is 196 Å². The highest BCUT2D eigenvalue weighted by atomic mass is 14.8. The molecule has 5 aromatic carbocycles. The predicted octanol–water partition coefficient (Wildman–Crippen LogP) is 14.4. The molecule has 2 aliphatic heterocycles. The first-order valence-corrected chi connectivity index (χ1v) is 21.3. The Labute approximate surface area is 357 Å². The van der Waals surface area contributed by atoms with E-state index in [9.17, 15) is 0 Å². The summed E-state index contributed by atoms with van der Waals surface area (Å²) in [5.41, 5.74) is 28.4. The van der Waals surface area contributed by atoms with E-state index in [1.54, 1.807) is 0 Å². The number of hydrogen-bond donors (Lipinski definition) is 2. The Morgan fingerprint density at radius 1 is 0.344 bits per heavy atom. The van der Waals surface area contributed by atoms with Crippen molar-refractivity contribution < 1.29 is 0 Å². The minimum Gasteiger partial charge on any atom is -0.354 e. The van der Waals surface area contributed by atoms with E-state index >= 15 is 0 Å². The summed E-state index contributed by atoms with van der Waals surface area (Å²) in [6.07, 6.45) is 10.5. The van der Waals surface area contributed by atoms with Gasteiger partial charge in [-0.25, -0.2) is 9.97 Å². The minimum absolute atomic E-state index is 0.897. The Morgan fingerprint density at radius 3 is 1.00 bits per heavy atom. The lowest BCUT2D eigenvalue weighted by Crippen LogP contribution is -2.07. The number of nitrogens with zero attached hydrogens (tertiary/aromatic N) is 2. The maximum atomic E-state index is 5.60. The zero-order valence-corrected chi connectivity index (χ0v) is 35.2. The van der Waals surface area contributed by atoms with Crippen LogP contribution in [0.2, 0.25) is 0 Å². The van der Waals surface area contributed by atoms with Crippen LogP contribution in [0.5, 0.6) is 0 Å². The third-order valence-corrected chi connectivity index (χ3v) is 13.0. The molecule has 4 heteroatoms. The summed E-state index contributed by atoms with van der Waals surface area (Å²) < 4.78 is 0. The van der Waals surface area contributed by atoms with Crippen LogP contribution in [-0.4, -0.2) is 19.9 Å². The second-order valence-electron chi connectivity index (χ2n) is 17.1. The summed E-state index contributed by atoms with van der Waals surface area (Å²) in [4.78, 5) is 18.9. The van der Waals surface area contributed by atoms with Crippen molar-refractivity contribution in [3.05, 3.63) is 200 Å². The van der Waals surface area contributed by atoms with E-state index < -0.39 is 0 Å². The Hall–Kier alpha value is -7.30. The Bertz CT molecular complexity index is 3230. The zero-order chi connectivity index (χ0) is 41.4. The van der Waals surface area contributed by atoms with Crippen LogP contribution in [0.15, 0.2) is 127 Å². The quantitative estimate of drug-likeness (QED) is 0.187. The molecule has 1 aliphatic carbocycles. The first kappa shape index (κ1) is 36.8. The largest absolute Gasteiger partial charge is 0.354 e. The Kier molecular flexibility index (Phi) is 8.71. The van der Waals surface area contributed by atoms with Gasteiger partial charge < -0.3 is 9.97 Å². The fraction of sp³-hybridized carbons (Fsp3) is 0.123. The number of aromatic amines is 2. The molecule has 0 saturated carbocycles. The van der Waals surface area contributed by atoms with E-state index in [-0.39, 0.29) is 0 Å². The van der Waals surface area contributed by atoms with Crippen LogP contribution < -0.4 is 0 Å². The molecule has 0 spiro atoms. The predicted molar refractivity (Wildman–Crippen MR) is 256 cm³/mol. The van der Waals surface area contributed by atoms with Gasteiger partial charge in [0.1, 0.15) is 0 Å². The molecule has 2 N–H and O–H groups in total. The van der Waals surface area contributed by atoms with Gasteiger partial charge in [-0.3, -0.25) is 0 Å². The molecule has 294 valence electrons. The number of aromatic nitrogens is 4. The number of H-pyrrole nitrogens is 2. The Balaban J connectivity index is 1.28. The van der Waals surface area contributed by atoms with E-state index in [4.69, 9.17) is 9.97 Å². The number of aryl methyl sites for hydroxylation is 3. The van der Waals surface area contributed by atoms with Crippen LogP contribution in [-0.2, 0) is 12.8 Å². The normalized spacial score (nSPS) is 12.7. The molecule has 61 heavy (non-hydrogen) atoms. The van der Waals surface area contributed by atoms with Gasteiger partial charge in [-0.05, 0) is 152 Å². The van der Waals surface area contributed by atoms with Gasteiger partial charge in [0.25, 0.3) is 0 Å². The van der Waals surface area contributed by atoms with Crippen molar-refractivity contribution in [2.45, 2.75) is 47.5 Å². The summed E-state index contributed by atoms with van der Waals surface area (Å²) in [5.74, 6) is 0. The summed E-state index contributed by atoms with van der Waals surface area (Å²) in [6.45, 7) is 11.0. The van der Waals surface area contributed by atoms with Gasteiger partial charge >= 0.3 is 0 Å². The van der Waals surface area contributed by atoms with Crippen molar-refractivity contribution in [1.82, 2.24) is 19.9 Å². The molecule has 5 heterocycles. The van der Waals surface area contributed by atoms with E-state index in [1.165, 1.54) is 55.6 Å². The lowest BCUT2D eigenvalue weighted by Gasteiger charge is -2.21. The third kappa shape index (κ3) is 6.47. The lowest BCUT2D eigenvalue weighted by atomic mass is 9.83. The van der Waals surface area contributed by atoms with Crippen molar-refractivity contribution >= 4 is 46.4 Å². The van der Waals surface area contributed by atoms with Gasteiger partial charge in [0.05, 0.1) is 22.8 Å². The Morgan fingerprint density at radius 2 is 0.656 bits per heavy atom. The van der Waals surface area contributed by atoms with E-state index in [1.807, 2.05) is 0 Å². The average Bonchev–Trinajstić information content (AvgIpc) is 4.11. The summed E-state index contributed by atoms with van der Waals surface area (Å²) >= 11 is 0. The third-order valence-electron chi connectivity index (χ3n) is 13.0. The molecule has 3 aliphatic rings. The smallest absolute Gasteiger partial charge is 0.0737 e. The maximum absolute atomic E-state index is 5.60. The SMILES string of the molecule is Cc1ccc(-c2c3nc(c(-c4ccc(C)cc4)c4ccc([nH]4)c(-c4cc5c(C)c(c4)Cc4cccc(c4C)C5)c4nc(c(-c5ccc(C)cc5)c5ccc2[nH]5)C=C4)C=C3)cc1. The number of nitrogens with one attached hydrogen (secondary N) is 2. The van der Waals surface area contributed by atoms with Crippen LogP contribution in [0.25, 0.3) is 90.9 Å². The molecule has 0 atom stereocenters. The number of benzene rings is 5. The van der Waals surface area contributed by atoms with Crippen molar-refractivity contribution in [2.75, 3.05) is 0 Å². The monoisotopic (exact) mass is 786 g/mol. The highest BCUT2D eigenvalue weighted by molar-refractivity contribution is 6.00. The molecule has 0 radical (unpaired) electrons. The molecule has 0 fully saturated rings. The van der Waals surface area contributed by atoms with Gasteiger partial charge in [0, 0.05) is 44.3 Å². The zero-order valence-electron chi connectivity index (χ0n) is 35.2. The fourth-order valence-electron chi connectivity index (χ4n) is 9.46. The summed E-state index contributed by atoms with van der Waals surface area (Å²) in [5, 5.41) is 0. The first-order valence-electron chi connectivity index (χ1n) is 21.3. The highest BCUT2D eigenvalue weighted by Gasteiger charge is 2.22. The molecule has 0 unspecified atom stereocenters. The van der Waals surface area contributed by atoms with Crippen LogP contribution in [0.1, 0.15) is 72.8 Å². The molecule has 0 amide bonds. The maximum Gasteiger partial charge on any atom is 0.0737 e. The van der Waals surface area contributed by atoms with Crippen molar-refractivity contribution in [2.24, 2.45) is 0 Å². The van der Waals surface area contributed by atoms with Gasteiger partial charge in [-0.15, -0.1) is 0 Å². The van der Waals surface area contributed by atoms with Crippen LogP contribution >= 0.6 is 0 Å². The fourth-order valence-corrected chi connectivity index (χ4v) is 9.46. The van der Waals surface area contributed by atoms with Crippen LogP contribution in [0, 0.1) is 34.6 Å². The second-order valence-corrected chi connectivity index (χ2v) is 17.1. The first-order chi connectivity index (χ1) is 29.7. The standard InChI is InChI=1S/C57H46N4/c1-33-9-15-38(16-10-33)54-46-21-23-48(58-46)55(39-17-11-34(2)12-18-39)50-25-27-52(60-50)57(45-31-43-29-41-7-6-8-42(36(41)4)30-44(32-45)37(43)5)53-28-26-51(61-53)56(49-24-22-47(54)59-49)40-19-13-35(3)14-20-40/h6-28,31-32,58,61H,29-30H2,1-5H3. The van der Waals surface area contributed by atoms with E-state index in [0.29, 0.717) is 0 Å². The minimum atomic E-state index is 0.897. The van der Waals surface area contributed by atoms with Crippen molar-refractivity contribution in [3.8, 4) is 44.5 Å². The van der Waals surface area contributed by atoms with Crippen LogP contribution in [0.4, 0.5) is 0 Å². The van der Waals surface area contributed by atoms with Crippen LogP contribution in [0.3, 0.4) is 0 Å². The van der Waals surface area contributed by atoms with Gasteiger partial charge in [0.15, 0.2) is 0 Å². The lowest BCUT2D eigenvalue weighted by molar-refractivity contribution is 1.02. The molecule has 3 aromatic heterocycles. The van der Waals surface area contributed by atoms with Gasteiger partial charge in [0.2, 0.25) is 0 Å². The molecule has 8 aromatic rings. The summed E-state index contributed by atoms with van der Waals surface area (Å²) in [6, 6.07) is 46.8. The second kappa shape index (κ2) is 14.5.